The van der Waals surface area contributed by atoms with Gasteiger partial charge in [-0.1, -0.05) is 12.1 Å². The van der Waals surface area contributed by atoms with Crippen molar-refractivity contribution in [3.05, 3.63) is 29.8 Å². The first kappa shape index (κ1) is 14.8. The molecule has 0 fully saturated rings. The number of aromatic nitrogens is 3. The van der Waals surface area contributed by atoms with Gasteiger partial charge in [0.1, 0.15) is 5.75 Å². The Balaban J connectivity index is 2.39. The van der Waals surface area contributed by atoms with E-state index in [2.05, 4.69) is 20.3 Å². The molecule has 0 saturated carbocycles. The zero-order valence-electron chi connectivity index (χ0n) is 11.1. The summed E-state index contributed by atoms with van der Waals surface area (Å²) in [4.78, 5) is 11.4. The molecule has 0 bridgehead atoms. The van der Waals surface area contributed by atoms with E-state index in [0.29, 0.717) is 0 Å². The van der Waals surface area contributed by atoms with Gasteiger partial charge in [0.2, 0.25) is 5.95 Å². The first-order valence-corrected chi connectivity index (χ1v) is 5.76. The van der Waals surface area contributed by atoms with E-state index in [0.717, 1.165) is 6.07 Å². The second-order valence-corrected chi connectivity index (χ2v) is 3.77. The molecule has 9 heteroatoms. The number of hydrogen-bond acceptors (Lipinski definition) is 6. The van der Waals surface area contributed by atoms with E-state index in [-0.39, 0.29) is 18.0 Å². The van der Waals surface area contributed by atoms with Gasteiger partial charge >= 0.3 is 18.2 Å². The van der Waals surface area contributed by atoms with Crippen molar-refractivity contribution in [1.29, 1.82) is 0 Å². The van der Waals surface area contributed by atoms with E-state index < -0.39 is 17.5 Å². The van der Waals surface area contributed by atoms with Gasteiger partial charge in [0, 0.05) is 7.05 Å². The summed E-state index contributed by atoms with van der Waals surface area (Å²) in [7, 11) is 2.87. The van der Waals surface area contributed by atoms with Crippen molar-refractivity contribution in [2.45, 2.75) is 6.18 Å². The van der Waals surface area contributed by atoms with E-state index in [4.69, 9.17) is 9.47 Å². The molecule has 1 aromatic heterocycles. The summed E-state index contributed by atoms with van der Waals surface area (Å²) in [5.74, 6) is -0.290. The summed E-state index contributed by atoms with van der Waals surface area (Å²) in [6.07, 6.45) is -4.54. The number of alkyl halides is 3. The fourth-order valence-corrected chi connectivity index (χ4v) is 1.47. The van der Waals surface area contributed by atoms with Crippen molar-refractivity contribution >= 4 is 5.95 Å². The lowest BCUT2D eigenvalue weighted by atomic mass is 10.2. The average molecular weight is 300 g/mol. The Morgan fingerprint density at radius 3 is 2.33 bits per heavy atom. The minimum absolute atomic E-state index is 0.0751. The molecule has 2 rings (SSSR count). The molecule has 21 heavy (non-hydrogen) atoms. The third kappa shape index (κ3) is 3.50. The average Bonchev–Trinajstić information content (AvgIpc) is 2.46. The van der Waals surface area contributed by atoms with Crippen molar-refractivity contribution in [3.8, 4) is 17.8 Å². The van der Waals surface area contributed by atoms with Gasteiger partial charge in [-0.2, -0.15) is 23.1 Å². The van der Waals surface area contributed by atoms with Gasteiger partial charge in [-0.15, -0.1) is 4.98 Å². The SMILES string of the molecule is CNc1nc(OC)nc(Oc2ccccc2C(F)(F)F)n1. The predicted octanol–water partition coefficient (Wildman–Crippen LogP) is 2.73. The van der Waals surface area contributed by atoms with Crippen LogP contribution in [-0.4, -0.2) is 29.1 Å². The molecule has 6 nitrogen and oxygen atoms in total. The second-order valence-electron chi connectivity index (χ2n) is 3.77. The summed E-state index contributed by atoms with van der Waals surface area (Å²) < 4.78 is 48.6. The molecular weight excluding hydrogens is 289 g/mol. The van der Waals surface area contributed by atoms with Gasteiger partial charge in [0.05, 0.1) is 12.7 Å². The molecule has 1 N–H and O–H groups in total. The number of nitrogens with zero attached hydrogens (tertiary/aromatic N) is 3. The number of halogens is 3. The van der Waals surface area contributed by atoms with Crippen LogP contribution < -0.4 is 14.8 Å². The Labute approximate surface area is 118 Å². The van der Waals surface area contributed by atoms with Crippen LogP contribution >= 0.6 is 0 Å². The Morgan fingerprint density at radius 2 is 1.71 bits per heavy atom. The maximum absolute atomic E-state index is 12.9. The summed E-state index contributed by atoms with van der Waals surface area (Å²) in [6.45, 7) is 0. The van der Waals surface area contributed by atoms with Crippen molar-refractivity contribution in [1.82, 2.24) is 15.0 Å². The summed E-state index contributed by atoms with van der Waals surface area (Å²) >= 11 is 0. The molecular formula is C12H11F3N4O2. The summed E-state index contributed by atoms with van der Waals surface area (Å²) in [5.41, 5.74) is -0.921. The molecule has 1 aromatic carbocycles. The molecule has 0 aliphatic rings. The second kappa shape index (κ2) is 5.81. The number of para-hydroxylation sites is 1. The van der Waals surface area contributed by atoms with Crippen molar-refractivity contribution in [3.63, 3.8) is 0 Å². The fourth-order valence-electron chi connectivity index (χ4n) is 1.47. The van der Waals surface area contributed by atoms with Crippen molar-refractivity contribution in [2.24, 2.45) is 0 Å². The molecule has 1 heterocycles. The van der Waals surface area contributed by atoms with Gasteiger partial charge < -0.3 is 14.8 Å². The van der Waals surface area contributed by atoms with Crippen molar-refractivity contribution < 1.29 is 22.6 Å². The molecule has 0 aliphatic heterocycles. The number of rotatable bonds is 4. The van der Waals surface area contributed by atoms with E-state index in [1.807, 2.05) is 0 Å². The third-order valence-electron chi connectivity index (χ3n) is 2.39. The normalized spacial score (nSPS) is 11.1. The van der Waals surface area contributed by atoms with E-state index in [1.165, 1.54) is 25.3 Å². The largest absolute Gasteiger partial charge is 0.467 e. The molecule has 2 aromatic rings. The third-order valence-corrected chi connectivity index (χ3v) is 2.39. The number of ether oxygens (including phenoxy) is 2. The zero-order chi connectivity index (χ0) is 15.5. The Hall–Kier alpha value is -2.58. The fraction of sp³-hybridized carbons (Fsp3) is 0.250. The number of benzene rings is 1. The first-order valence-electron chi connectivity index (χ1n) is 5.76. The Bertz CT molecular complexity index is 612. The number of methoxy groups -OCH3 is 1. The van der Waals surface area contributed by atoms with Crippen LogP contribution in [0.4, 0.5) is 19.1 Å². The van der Waals surface area contributed by atoms with Gasteiger partial charge in [0.15, 0.2) is 0 Å². The predicted molar refractivity (Wildman–Crippen MR) is 67.4 cm³/mol. The van der Waals surface area contributed by atoms with Gasteiger partial charge in [0.25, 0.3) is 0 Å². The topological polar surface area (TPSA) is 69.2 Å². The molecule has 0 aliphatic carbocycles. The van der Waals surface area contributed by atoms with E-state index in [1.54, 1.807) is 7.05 Å². The van der Waals surface area contributed by atoms with Gasteiger partial charge in [-0.25, -0.2) is 0 Å². The minimum Gasteiger partial charge on any atom is -0.467 e. The molecule has 0 amide bonds. The lowest BCUT2D eigenvalue weighted by Crippen LogP contribution is -2.08. The van der Waals surface area contributed by atoms with Crippen LogP contribution in [-0.2, 0) is 6.18 Å². The number of nitrogens with one attached hydrogen (secondary N) is 1. The van der Waals surface area contributed by atoms with Gasteiger partial charge in [-0.3, -0.25) is 0 Å². The minimum atomic E-state index is -4.54. The highest BCUT2D eigenvalue weighted by atomic mass is 19.4. The van der Waals surface area contributed by atoms with Crippen LogP contribution in [0.15, 0.2) is 24.3 Å². The highest BCUT2D eigenvalue weighted by Crippen LogP contribution is 2.37. The summed E-state index contributed by atoms with van der Waals surface area (Å²) in [5, 5.41) is 2.63. The number of anilines is 1. The quantitative estimate of drug-likeness (QED) is 0.936. The smallest absolute Gasteiger partial charge is 0.419 e. The highest BCUT2D eigenvalue weighted by molar-refractivity contribution is 5.38. The van der Waals surface area contributed by atoms with Crippen LogP contribution in [0.3, 0.4) is 0 Å². The van der Waals surface area contributed by atoms with Crippen molar-refractivity contribution in [2.75, 3.05) is 19.5 Å². The number of hydrogen-bond donors (Lipinski definition) is 1. The van der Waals surface area contributed by atoms with E-state index in [9.17, 15) is 13.2 Å². The molecule has 112 valence electrons. The van der Waals surface area contributed by atoms with Gasteiger partial charge in [-0.05, 0) is 12.1 Å². The maximum Gasteiger partial charge on any atom is 0.419 e. The molecule has 0 spiro atoms. The monoisotopic (exact) mass is 300 g/mol. The molecule has 0 radical (unpaired) electrons. The van der Waals surface area contributed by atoms with Crippen LogP contribution in [0.2, 0.25) is 0 Å². The molecule has 0 saturated heterocycles. The molecule has 0 unspecified atom stereocenters. The highest BCUT2D eigenvalue weighted by Gasteiger charge is 2.34. The van der Waals surface area contributed by atoms with Crippen LogP contribution in [0.25, 0.3) is 0 Å². The first-order chi connectivity index (χ1) is 9.94. The Morgan fingerprint density at radius 1 is 1.05 bits per heavy atom. The molecule has 0 atom stereocenters. The van der Waals surface area contributed by atoms with Crippen LogP contribution in [0.5, 0.6) is 17.8 Å². The van der Waals surface area contributed by atoms with Crippen LogP contribution in [0.1, 0.15) is 5.56 Å². The zero-order valence-corrected chi connectivity index (χ0v) is 11.1. The summed E-state index contributed by atoms with van der Waals surface area (Å²) in [6, 6.07) is 4.40. The van der Waals surface area contributed by atoms with Crippen LogP contribution in [0, 0.1) is 0 Å². The standard InChI is InChI=1S/C12H11F3N4O2/c1-16-9-17-10(20-2)19-11(18-9)21-8-6-4-3-5-7(8)12(13,14)15/h3-6H,1-2H3,(H,16,17,18,19). The van der Waals surface area contributed by atoms with E-state index >= 15 is 0 Å². The maximum atomic E-state index is 12.9. The lowest BCUT2D eigenvalue weighted by molar-refractivity contribution is -0.138. The Kier molecular flexibility index (Phi) is 4.10. The lowest BCUT2D eigenvalue weighted by Gasteiger charge is -2.12.